The molecule has 1 N–H and O–H groups in total. The van der Waals surface area contributed by atoms with Crippen molar-refractivity contribution in [2.24, 2.45) is 0 Å². The Morgan fingerprint density at radius 1 is 0.966 bits per heavy atom. The smallest absolute Gasteiger partial charge is 0.243 e. The average Bonchev–Trinajstić information content (AvgIpc) is 2.78. The van der Waals surface area contributed by atoms with Crippen molar-refractivity contribution in [2.45, 2.75) is 55.9 Å². The minimum Gasteiger partial charge on any atom is -0.351 e. The number of fused-ring (bicyclic) bond motifs is 1. The van der Waals surface area contributed by atoms with Crippen molar-refractivity contribution in [1.29, 1.82) is 0 Å². The summed E-state index contributed by atoms with van der Waals surface area (Å²) >= 11 is 0. The van der Waals surface area contributed by atoms with Gasteiger partial charge in [0.25, 0.3) is 0 Å². The molecule has 0 spiro atoms. The number of rotatable bonds is 5. The molecular formula is C23H28N2O3S. The number of hydrogen-bond donors (Lipinski definition) is 1. The first kappa shape index (κ1) is 20.1. The van der Waals surface area contributed by atoms with Crippen molar-refractivity contribution in [3.63, 3.8) is 0 Å². The topological polar surface area (TPSA) is 66.5 Å². The predicted molar refractivity (Wildman–Crippen MR) is 113 cm³/mol. The maximum Gasteiger partial charge on any atom is 0.243 e. The zero-order valence-corrected chi connectivity index (χ0v) is 17.5. The minimum absolute atomic E-state index is 0.0256. The van der Waals surface area contributed by atoms with E-state index < -0.39 is 10.0 Å². The number of hydrogen-bond acceptors (Lipinski definition) is 3. The Bertz CT molecular complexity index is 981. The molecule has 1 atom stereocenters. The van der Waals surface area contributed by atoms with Gasteiger partial charge in [0.1, 0.15) is 0 Å². The lowest BCUT2D eigenvalue weighted by Gasteiger charge is -2.27. The fourth-order valence-electron chi connectivity index (χ4n) is 4.48. The highest BCUT2D eigenvalue weighted by Gasteiger charge is 2.29. The molecule has 0 radical (unpaired) electrons. The summed E-state index contributed by atoms with van der Waals surface area (Å²) in [5, 5.41) is 3.00. The van der Waals surface area contributed by atoms with Crippen LogP contribution in [0, 0.1) is 0 Å². The van der Waals surface area contributed by atoms with Crippen molar-refractivity contribution in [3.05, 3.63) is 65.2 Å². The van der Waals surface area contributed by atoms with E-state index in [1.165, 1.54) is 5.56 Å². The number of aryl methyl sites for hydroxylation is 1. The van der Waals surface area contributed by atoms with Gasteiger partial charge in [0.15, 0.2) is 0 Å². The molecule has 0 aromatic heterocycles. The standard InChI is InChI=1S/C23H28N2O3S/c26-23(21-13-8-11-18-9-2-4-12-20(18)21)24-17-19-10-3-5-14-22(19)29(27,28)25-15-6-1-7-16-25/h2-5,9-10,12,14,21H,1,6-8,11,13,15-17H2,(H,24,26). The lowest BCUT2D eigenvalue weighted by atomic mass is 9.82. The average molecular weight is 413 g/mol. The van der Waals surface area contributed by atoms with Gasteiger partial charge in [-0.2, -0.15) is 4.31 Å². The molecule has 1 unspecified atom stereocenters. The predicted octanol–water partition coefficient (Wildman–Crippen LogP) is 3.60. The second-order valence-corrected chi connectivity index (χ2v) is 9.84. The van der Waals surface area contributed by atoms with Crippen LogP contribution in [0.1, 0.15) is 54.7 Å². The Hall–Kier alpha value is -2.18. The Balaban J connectivity index is 1.51. The third-order valence-electron chi connectivity index (χ3n) is 6.04. The second-order valence-electron chi connectivity index (χ2n) is 7.93. The fraction of sp³-hybridized carbons (Fsp3) is 0.435. The van der Waals surface area contributed by atoms with E-state index in [9.17, 15) is 13.2 Å². The van der Waals surface area contributed by atoms with Gasteiger partial charge in [-0.15, -0.1) is 0 Å². The van der Waals surface area contributed by atoms with Gasteiger partial charge in [-0.25, -0.2) is 8.42 Å². The van der Waals surface area contributed by atoms with Crippen LogP contribution in [0.25, 0.3) is 0 Å². The summed E-state index contributed by atoms with van der Waals surface area (Å²) < 4.78 is 27.8. The molecule has 1 amide bonds. The minimum atomic E-state index is -3.53. The molecule has 2 aliphatic rings. The molecule has 0 saturated carbocycles. The van der Waals surface area contributed by atoms with Gasteiger partial charge in [0.05, 0.1) is 10.8 Å². The van der Waals surface area contributed by atoms with Crippen molar-refractivity contribution in [1.82, 2.24) is 9.62 Å². The number of sulfonamides is 1. The van der Waals surface area contributed by atoms with Gasteiger partial charge in [-0.05, 0) is 54.9 Å². The summed E-state index contributed by atoms with van der Waals surface area (Å²) in [7, 11) is -3.53. The van der Waals surface area contributed by atoms with Crippen molar-refractivity contribution >= 4 is 15.9 Å². The molecule has 5 nitrogen and oxygen atoms in total. The fourth-order valence-corrected chi connectivity index (χ4v) is 6.22. The number of piperidine rings is 1. The van der Waals surface area contributed by atoms with Crippen LogP contribution in [0.4, 0.5) is 0 Å². The van der Waals surface area contributed by atoms with Gasteiger partial charge in [0.2, 0.25) is 15.9 Å². The highest BCUT2D eigenvalue weighted by molar-refractivity contribution is 7.89. The number of amides is 1. The quantitative estimate of drug-likeness (QED) is 0.816. The van der Waals surface area contributed by atoms with Crippen LogP contribution in [0.5, 0.6) is 0 Å². The summed E-state index contributed by atoms with van der Waals surface area (Å²) in [4.78, 5) is 13.2. The lowest BCUT2D eigenvalue weighted by molar-refractivity contribution is -0.123. The van der Waals surface area contributed by atoms with E-state index in [-0.39, 0.29) is 18.4 Å². The number of nitrogens with zero attached hydrogens (tertiary/aromatic N) is 1. The van der Waals surface area contributed by atoms with Gasteiger partial charge in [-0.1, -0.05) is 48.9 Å². The van der Waals surface area contributed by atoms with E-state index >= 15 is 0 Å². The number of carbonyl (C=O) groups is 1. The SMILES string of the molecule is O=C(NCc1ccccc1S(=O)(=O)N1CCCCC1)C1CCCc2ccccc21. The molecule has 154 valence electrons. The van der Waals surface area contributed by atoms with Crippen LogP contribution < -0.4 is 5.32 Å². The number of benzene rings is 2. The maximum absolute atomic E-state index is 13.1. The Morgan fingerprint density at radius 3 is 2.52 bits per heavy atom. The highest BCUT2D eigenvalue weighted by atomic mass is 32.2. The first-order chi connectivity index (χ1) is 14.1. The first-order valence-electron chi connectivity index (χ1n) is 10.5. The largest absolute Gasteiger partial charge is 0.351 e. The van der Waals surface area contributed by atoms with E-state index in [2.05, 4.69) is 11.4 Å². The molecule has 1 aliphatic heterocycles. The molecule has 2 aromatic rings. The molecule has 2 aromatic carbocycles. The zero-order valence-electron chi connectivity index (χ0n) is 16.6. The molecule has 1 saturated heterocycles. The lowest BCUT2D eigenvalue weighted by Crippen LogP contribution is -2.36. The van der Waals surface area contributed by atoms with E-state index in [0.717, 1.165) is 44.1 Å². The highest BCUT2D eigenvalue weighted by Crippen LogP contribution is 2.32. The summed E-state index contributed by atoms with van der Waals surface area (Å²) in [6, 6.07) is 15.1. The van der Waals surface area contributed by atoms with Crippen molar-refractivity contribution in [3.8, 4) is 0 Å². The third kappa shape index (κ3) is 4.23. The molecule has 0 bridgehead atoms. The maximum atomic E-state index is 13.1. The molecule has 1 fully saturated rings. The van der Waals surface area contributed by atoms with Crippen LogP contribution >= 0.6 is 0 Å². The van der Waals surface area contributed by atoms with Crippen LogP contribution in [0.2, 0.25) is 0 Å². The second kappa shape index (κ2) is 8.67. The van der Waals surface area contributed by atoms with Crippen molar-refractivity contribution < 1.29 is 13.2 Å². The normalized spacial score (nSPS) is 20.1. The number of nitrogens with one attached hydrogen (secondary N) is 1. The van der Waals surface area contributed by atoms with E-state index in [0.29, 0.717) is 23.5 Å². The van der Waals surface area contributed by atoms with Crippen LogP contribution in [-0.2, 0) is 27.8 Å². The van der Waals surface area contributed by atoms with Gasteiger partial charge >= 0.3 is 0 Å². The van der Waals surface area contributed by atoms with E-state index in [1.807, 2.05) is 24.3 Å². The van der Waals surface area contributed by atoms with Crippen LogP contribution in [0.3, 0.4) is 0 Å². The van der Waals surface area contributed by atoms with Crippen LogP contribution in [-0.4, -0.2) is 31.7 Å². The molecule has 1 aliphatic carbocycles. The summed E-state index contributed by atoms with van der Waals surface area (Å²) in [6.45, 7) is 1.37. The van der Waals surface area contributed by atoms with Crippen molar-refractivity contribution in [2.75, 3.05) is 13.1 Å². The molecular weight excluding hydrogens is 384 g/mol. The molecule has 1 heterocycles. The summed E-state index contributed by atoms with van der Waals surface area (Å²) in [5.41, 5.74) is 2.99. The summed E-state index contributed by atoms with van der Waals surface area (Å²) in [5.74, 6) is -0.187. The first-order valence-corrected chi connectivity index (χ1v) is 11.9. The van der Waals surface area contributed by atoms with E-state index in [1.54, 1.807) is 22.5 Å². The van der Waals surface area contributed by atoms with E-state index in [4.69, 9.17) is 0 Å². The van der Waals surface area contributed by atoms with Crippen LogP contribution in [0.15, 0.2) is 53.4 Å². The zero-order chi connectivity index (χ0) is 20.3. The van der Waals surface area contributed by atoms with Gasteiger partial charge in [-0.3, -0.25) is 4.79 Å². The molecule has 29 heavy (non-hydrogen) atoms. The number of carbonyl (C=O) groups excluding carboxylic acids is 1. The molecule has 4 rings (SSSR count). The third-order valence-corrected chi connectivity index (χ3v) is 8.04. The Kier molecular flexibility index (Phi) is 6.01. The Morgan fingerprint density at radius 2 is 1.69 bits per heavy atom. The Labute approximate surface area is 173 Å². The van der Waals surface area contributed by atoms with Gasteiger partial charge < -0.3 is 5.32 Å². The monoisotopic (exact) mass is 412 g/mol. The van der Waals surface area contributed by atoms with Gasteiger partial charge in [0, 0.05) is 19.6 Å². The summed E-state index contributed by atoms with van der Waals surface area (Å²) in [6.07, 6.45) is 5.72. The molecule has 6 heteroatoms.